The number of nitrogens with one attached hydrogen (secondary N) is 1. The van der Waals surface area contributed by atoms with Crippen LogP contribution in [0, 0.1) is 0 Å². The van der Waals surface area contributed by atoms with Gasteiger partial charge in [0.25, 0.3) is 5.91 Å². The molecule has 0 aliphatic heterocycles. The van der Waals surface area contributed by atoms with E-state index in [1.165, 1.54) is 40.6 Å². The molecule has 162 valence electrons. The highest BCUT2D eigenvalue weighted by Crippen LogP contribution is 2.42. The van der Waals surface area contributed by atoms with Gasteiger partial charge in [0.15, 0.2) is 16.9 Å². The van der Waals surface area contributed by atoms with E-state index in [9.17, 15) is 14.4 Å². The summed E-state index contributed by atoms with van der Waals surface area (Å²) in [5.41, 5.74) is 0.666. The zero-order chi connectivity index (χ0) is 22.5. The zero-order valence-electron chi connectivity index (χ0n) is 17.4. The van der Waals surface area contributed by atoms with Gasteiger partial charge >= 0.3 is 5.97 Å². The molecule has 0 fully saturated rings. The van der Waals surface area contributed by atoms with Crippen molar-refractivity contribution in [1.29, 1.82) is 0 Å². The van der Waals surface area contributed by atoms with E-state index in [1.807, 2.05) is 0 Å². The van der Waals surface area contributed by atoms with Crippen molar-refractivity contribution in [2.45, 2.75) is 0 Å². The van der Waals surface area contributed by atoms with Crippen molar-refractivity contribution < 1.29 is 33.0 Å². The Balaban J connectivity index is 2.07. The molecule has 1 amide bonds. The first-order valence-corrected chi connectivity index (χ1v) is 9.15. The van der Waals surface area contributed by atoms with Gasteiger partial charge in [0, 0.05) is 23.3 Å². The molecular formula is C22H21NO8. The molecular weight excluding hydrogens is 406 g/mol. The number of ether oxygens (including phenoxy) is 4. The van der Waals surface area contributed by atoms with Gasteiger partial charge in [0.2, 0.25) is 5.75 Å². The van der Waals surface area contributed by atoms with Crippen LogP contribution in [0.1, 0.15) is 10.4 Å². The van der Waals surface area contributed by atoms with Crippen LogP contribution in [0.25, 0.3) is 22.3 Å². The van der Waals surface area contributed by atoms with Gasteiger partial charge in [0.05, 0.1) is 28.4 Å². The van der Waals surface area contributed by atoms with Gasteiger partial charge in [-0.15, -0.1) is 0 Å². The topological polar surface area (TPSA) is 113 Å². The fourth-order valence-electron chi connectivity index (χ4n) is 3.07. The number of methoxy groups -OCH3 is 4. The van der Waals surface area contributed by atoms with Crippen LogP contribution in [-0.2, 0) is 9.53 Å². The van der Waals surface area contributed by atoms with Gasteiger partial charge in [-0.1, -0.05) is 12.1 Å². The second kappa shape index (κ2) is 9.21. The summed E-state index contributed by atoms with van der Waals surface area (Å²) in [6, 6.07) is 9.30. The van der Waals surface area contributed by atoms with Crippen LogP contribution in [-0.4, -0.2) is 46.9 Å². The first kappa shape index (κ1) is 21.7. The first-order valence-electron chi connectivity index (χ1n) is 9.15. The molecule has 1 heterocycles. The Labute approximate surface area is 177 Å². The molecule has 3 rings (SSSR count). The highest BCUT2D eigenvalue weighted by Gasteiger charge is 2.21. The summed E-state index contributed by atoms with van der Waals surface area (Å²) in [5.74, 6) is 0.0270. The standard InChI is InChI=1S/C22H21NO8/c1-27-17-10-16-19(21(30-4)20(17)29-3)14(24)9-15(31-16)12-6-5-7-13(8-12)22(26)23-11-18(25)28-2/h5-10H,11H2,1-4H3,(H,23,26). The van der Waals surface area contributed by atoms with Crippen molar-refractivity contribution in [3.8, 4) is 28.6 Å². The molecule has 0 aliphatic carbocycles. The Hall–Kier alpha value is -4.01. The van der Waals surface area contributed by atoms with E-state index in [2.05, 4.69) is 10.1 Å². The molecule has 9 nitrogen and oxygen atoms in total. The van der Waals surface area contributed by atoms with Crippen molar-refractivity contribution >= 4 is 22.8 Å². The lowest BCUT2D eigenvalue weighted by atomic mass is 10.1. The van der Waals surface area contributed by atoms with Crippen LogP contribution < -0.4 is 25.0 Å². The summed E-state index contributed by atoms with van der Waals surface area (Å²) in [4.78, 5) is 36.4. The largest absolute Gasteiger partial charge is 0.493 e. The summed E-state index contributed by atoms with van der Waals surface area (Å²) in [6.07, 6.45) is 0. The lowest BCUT2D eigenvalue weighted by Crippen LogP contribution is -2.30. The average Bonchev–Trinajstić information content (AvgIpc) is 2.80. The van der Waals surface area contributed by atoms with E-state index in [4.69, 9.17) is 18.6 Å². The minimum atomic E-state index is -0.566. The second-order valence-corrected chi connectivity index (χ2v) is 6.33. The Morgan fingerprint density at radius 3 is 2.35 bits per heavy atom. The summed E-state index contributed by atoms with van der Waals surface area (Å²) in [5, 5.41) is 2.66. The quantitative estimate of drug-likeness (QED) is 0.572. The first-order chi connectivity index (χ1) is 14.9. The summed E-state index contributed by atoms with van der Waals surface area (Å²) in [7, 11) is 5.55. The average molecular weight is 427 g/mol. The lowest BCUT2D eigenvalue weighted by Gasteiger charge is -2.14. The maximum absolute atomic E-state index is 12.9. The lowest BCUT2D eigenvalue weighted by molar-refractivity contribution is -0.139. The summed E-state index contributed by atoms with van der Waals surface area (Å²) in [6.45, 7) is -0.258. The molecule has 0 spiro atoms. The molecule has 0 saturated carbocycles. The predicted molar refractivity (Wildman–Crippen MR) is 112 cm³/mol. The second-order valence-electron chi connectivity index (χ2n) is 6.33. The van der Waals surface area contributed by atoms with Crippen molar-refractivity contribution in [3.63, 3.8) is 0 Å². The number of rotatable bonds is 7. The number of hydrogen-bond acceptors (Lipinski definition) is 8. The Bertz CT molecular complexity index is 1200. The van der Waals surface area contributed by atoms with Crippen LogP contribution in [0.3, 0.4) is 0 Å². The van der Waals surface area contributed by atoms with Gasteiger partial charge in [-0.05, 0) is 12.1 Å². The summed E-state index contributed by atoms with van der Waals surface area (Å²) < 4.78 is 26.5. The van der Waals surface area contributed by atoms with E-state index in [0.717, 1.165) is 0 Å². The smallest absolute Gasteiger partial charge is 0.325 e. The minimum absolute atomic E-state index is 0.202. The number of benzene rings is 2. The molecule has 3 aromatic rings. The van der Waals surface area contributed by atoms with Gasteiger partial charge in [0.1, 0.15) is 23.3 Å². The Morgan fingerprint density at radius 1 is 0.968 bits per heavy atom. The van der Waals surface area contributed by atoms with Crippen LogP contribution in [0.4, 0.5) is 0 Å². The Kier molecular flexibility index (Phi) is 6.44. The van der Waals surface area contributed by atoms with Gasteiger partial charge in [-0.25, -0.2) is 0 Å². The fraction of sp³-hybridized carbons (Fsp3) is 0.227. The van der Waals surface area contributed by atoms with Gasteiger partial charge in [-0.3, -0.25) is 14.4 Å². The third kappa shape index (κ3) is 4.30. The van der Waals surface area contributed by atoms with Gasteiger partial charge in [-0.2, -0.15) is 0 Å². The highest BCUT2D eigenvalue weighted by molar-refractivity contribution is 5.97. The maximum atomic E-state index is 12.9. The van der Waals surface area contributed by atoms with Crippen molar-refractivity contribution in [1.82, 2.24) is 5.32 Å². The molecule has 2 aromatic carbocycles. The fourth-order valence-corrected chi connectivity index (χ4v) is 3.07. The molecule has 0 saturated heterocycles. The highest BCUT2D eigenvalue weighted by atomic mass is 16.5. The Morgan fingerprint density at radius 2 is 1.71 bits per heavy atom. The number of fused-ring (bicyclic) bond motifs is 1. The van der Waals surface area contributed by atoms with Crippen molar-refractivity contribution in [2.24, 2.45) is 0 Å². The van der Waals surface area contributed by atoms with E-state index >= 15 is 0 Å². The third-order valence-corrected chi connectivity index (χ3v) is 4.55. The number of amides is 1. The van der Waals surface area contributed by atoms with Crippen LogP contribution in [0.5, 0.6) is 17.2 Å². The molecule has 0 unspecified atom stereocenters. The SMILES string of the molecule is COC(=O)CNC(=O)c1cccc(-c2cc(=O)c3c(OC)c(OC)c(OC)cc3o2)c1. The third-order valence-electron chi connectivity index (χ3n) is 4.55. The maximum Gasteiger partial charge on any atom is 0.325 e. The van der Waals surface area contributed by atoms with Crippen molar-refractivity contribution in [2.75, 3.05) is 35.0 Å². The predicted octanol–water partition coefficient (Wildman–Crippen LogP) is 2.39. The van der Waals surface area contributed by atoms with E-state index in [-0.39, 0.29) is 45.8 Å². The molecule has 0 aliphatic rings. The molecule has 9 heteroatoms. The monoisotopic (exact) mass is 427 g/mol. The number of hydrogen-bond donors (Lipinski definition) is 1. The number of carbonyl (C=O) groups is 2. The normalized spacial score (nSPS) is 10.5. The zero-order valence-corrected chi connectivity index (χ0v) is 17.4. The number of esters is 1. The molecule has 1 aromatic heterocycles. The molecule has 0 bridgehead atoms. The van der Waals surface area contributed by atoms with Crippen LogP contribution in [0.2, 0.25) is 0 Å². The van der Waals surface area contributed by atoms with Crippen LogP contribution >= 0.6 is 0 Å². The molecule has 0 atom stereocenters. The number of carbonyl (C=O) groups excluding carboxylic acids is 2. The molecule has 0 radical (unpaired) electrons. The van der Waals surface area contributed by atoms with E-state index in [1.54, 1.807) is 24.3 Å². The van der Waals surface area contributed by atoms with E-state index < -0.39 is 11.9 Å². The molecule has 1 N–H and O–H groups in total. The van der Waals surface area contributed by atoms with Crippen LogP contribution in [0.15, 0.2) is 45.6 Å². The molecule has 31 heavy (non-hydrogen) atoms. The van der Waals surface area contributed by atoms with Gasteiger partial charge < -0.3 is 28.7 Å². The minimum Gasteiger partial charge on any atom is -0.493 e. The van der Waals surface area contributed by atoms with E-state index in [0.29, 0.717) is 11.3 Å². The summed E-state index contributed by atoms with van der Waals surface area (Å²) >= 11 is 0. The van der Waals surface area contributed by atoms with Crippen molar-refractivity contribution in [3.05, 3.63) is 52.2 Å².